The molecule has 2 heterocycles. The minimum absolute atomic E-state index is 0.00418. The molecule has 13 heavy (non-hydrogen) atoms. The van der Waals surface area contributed by atoms with Crippen LogP contribution in [0, 0.1) is 0 Å². The van der Waals surface area contributed by atoms with E-state index in [1.54, 1.807) is 29.3 Å². The fourth-order valence-corrected chi connectivity index (χ4v) is 1.01. The van der Waals surface area contributed by atoms with Crippen molar-refractivity contribution in [2.24, 2.45) is 0 Å². The topological polar surface area (TPSA) is 63.8 Å². The Labute approximate surface area is 74.7 Å². The maximum atomic E-state index is 8.89. The van der Waals surface area contributed by atoms with Crippen LogP contribution in [0.2, 0.25) is 0 Å². The number of nitrogens with zero attached hydrogens (tertiary/aromatic N) is 4. The Morgan fingerprint density at radius 3 is 3.08 bits per heavy atom. The molecule has 1 N–H and O–H groups in total. The molecule has 0 bridgehead atoms. The minimum Gasteiger partial charge on any atom is -0.392 e. The van der Waals surface area contributed by atoms with Crippen LogP contribution < -0.4 is 0 Å². The second kappa shape index (κ2) is 3.32. The number of hydrogen-bond donors (Lipinski definition) is 1. The van der Waals surface area contributed by atoms with Gasteiger partial charge >= 0.3 is 0 Å². The van der Waals surface area contributed by atoms with Crippen LogP contribution in [0.15, 0.2) is 31.0 Å². The van der Waals surface area contributed by atoms with Gasteiger partial charge in [-0.05, 0) is 17.7 Å². The SMILES string of the molecule is OCc1ccnc(-n2cncn2)c1. The molecular weight excluding hydrogens is 168 g/mol. The van der Waals surface area contributed by atoms with Gasteiger partial charge in [0, 0.05) is 6.20 Å². The molecule has 0 spiro atoms. The van der Waals surface area contributed by atoms with Crippen molar-refractivity contribution in [3.8, 4) is 5.82 Å². The molecule has 0 aliphatic carbocycles. The minimum atomic E-state index is 0.00418. The molecule has 0 amide bonds. The first-order chi connectivity index (χ1) is 6.40. The van der Waals surface area contributed by atoms with E-state index >= 15 is 0 Å². The second-order valence-corrected chi connectivity index (χ2v) is 2.52. The van der Waals surface area contributed by atoms with E-state index in [4.69, 9.17) is 5.11 Å². The standard InChI is InChI=1S/C8H8N4O/c13-4-7-1-2-10-8(3-7)12-6-9-5-11-12/h1-3,5-6,13H,4H2. The van der Waals surface area contributed by atoms with Crippen LogP contribution in [0.5, 0.6) is 0 Å². The van der Waals surface area contributed by atoms with Crippen LogP contribution in [0.4, 0.5) is 0 Å². The lowest BCUT2D eigenvalue weighted by atomic mass is 10.3. The molecule has 0 fully saturated rings. The first-order valence-electron chi connectivity index (χ1n) is 3.81. The van der Waals surface area contributed by atoms with E-state index < -0.39 is 0 Å². The summed E-state index contributed by atoms with van der Waals surface area (Å²) in [6.07, 6.45) is 4.62. The summed E-state index contributed by atoms with van der Waals surface area (Å²) in [7, 11) is 0. The molecule has 2 aromatic rings. The molecule has 66 valence electrons. The predicted octanol–water partition coefficient (Wildman–Crippen LogP) is 0.155. The summed E-state index contributed by atoms with van der Waals surface area (Å²) in [5.41, 5.74) is 0.806. The van der Waals surface area contributed by atoms with E-state index in [1.807, 2.05) is 0 Å². The summed E-state index contributed by atoms with van der Waals surface area (Å²) in [5, 5.41) is 12.8. The van der Waals surface area contributed by atoms with E-state index in [-0.39, 0.29) is 6.61 Å². The molecule has 2 rings (SSSR count). The Bertz CT molecular complexity index is 385. The first-order valence-corrected chi connectivity index (χ1v) is 3.81. The Morgan fingerprint density at radius 2 is 2.38 bits per heavy atom. The average Bonchev–Trinajstić information content (AvgIpc) is 2.71. The Morgan fingerprint density at radius 1 is 1.46 bits per heavy atom. The van der Waals surface area contributed by atoms with Crippen molar-refractivity contribution in [2.75, 3.05) is 0 Å². The lowest BCUT2D eigenvalue weighted by Crippen LogP contribution is -1.98. The molecule has 5 heteroatoms. The van der Waals surface area contributed by atoms with Crippen LogP contribution in [0.1, 0.15) is 5.56 Å². The van der Waals surface area contributed by atoms with Gasteiger partial charge in [0.25, 0.3) is 0 Å². The molecule has 0 aromatic carbocycles. The smallest absolute Gasteiger partial charge is 0.155 e. The summed E-state index contributed by atoms with van der Waals surface area (Å²) in [6.45, 7) is 0.00418. The quantitative estimate of drug-likeness (QED) is 0.707. The van der Waals surface area contributed by atoms with Crippen LogP contribution >= 0.6 is 0 Å². The van der Waals surface area contributed by atoms with Crippen molar-refractivity contribution in [3.63, 3.8) is 0 Å². The number of rotatable bonds is 2. The number of aliphatic hydroxyl groups is 1. The van der Waals surface area contributed by atoms with Gasteiger partial charge < -0.3 is 5.11 Å². The zero-order chi connectivity index (χ0) is 9.10. The van der Waals surface area contributed by atoms with Gasteiger partial charge in [0.05, 0.1) is 6.61 Å². The lowest BCUT2D eigenvalue weighted by molar-refractivity contribution is 0.281. The van der Waals surface area contributed by atoms with Crippen molar-refractivity contribution in [3.05, 3.63) is 36.5 Å². The van der Waals surface area contributed by atoms with Gasteiger partial charge in [-0.2, -0.15) is 5.10 Å². The van der Waals surface area contributed by atoms with Gasteiger partial charge in [-0.1, -0.05) is 0 Å². The third-order valence-corrected chi connectivity index (χ3v) is 1.65. The van der Waals surface area contributed by atoms with E-state index in [0.717, 1.165) is 5.56 Å². The number of pyridine rings is 1. The summed E-state index contributed by atoms with van der Waals surface area (Å²) < 4.78 is 1.54. The van der Waals surface area contributed by atoms with Crippen molar-refractivity contribution in [1.29, 1.82) is 0 Å². The van der Waals surface area contributed by atoms with Gasteiger partial charge in [0.2, 0.25) is 0 Å². The number of hydrogen-bond acceptors (Lipinski definition) is 4. The van der Waals surface area contributed by atoms with Crippen LogP contribution in [-0.2, 0) is 6.61 Å². The molecule has 5 nitrogen and oxygen atoms in total. The molecule has 0 unspecified atom stereocenters. The van der Waals surface area contributed by atoms with Gasteiger partial charge in [0.15, 0.2) is 5.82 Å². The summed E-state index contributed by atoms with van der Waals surface area (Å²) in [4.78, 5) is 7.88. The molecular formula is C8H8N4O. The van der Waals surface area contributed by atoms with Gasteiger partial charge in [-0.25, -0.2) is 14.6 Å². The van der Waals surface area contributed by atoms with Crippen LogP contribution in [0.3, 0.4) is 0 Å². The van der Waals surface area contributed by atoms with Gasteiger partial charge in [-0.3, -0.25) is 0 Å². The fraction of sp³-hybridized carbons (Fsp3) is 0.125. The predicted molar refractivity (Wildman–Crippen MR) is 45.1 cm³/mol. The highest BCUT2D eigenvalue weighted by Gasteiger charge is 1.98. The third-order valence-electron chi connectivity index (χ3n) is 1.65. The first kappa shape index (κ1) is 7.88. The largest absolute Gasteiger partial charge is 0.392 e. The molecule has 0 aliphatic heterocycles. The van der Waals surface area contributed by atoms with E-state index in [0.29, 0.717) is 5.82 Å². The average molecular weight is 176 g/mol. The van der Waals surface area contributed by atoms with Gasteiger partial charge in [0.1, 0.15) is 12.7 Å². The number of aliphatic hydroxyl groups excluding tert-OH is 1. The highest BCUT2D eigenvalue weighted by atomic mass is 16.3. The summed E-state index contributed by atoms with van der Waals surface area (Å²) in [5.74, 6) is 0.657. The molecule has 2 aromatic heterocycles. The molecule has 0 radical (unpaired) electrons. The van der Waals surface area contributed by atoms with E-state index in [1.165, 1.54) is 6.33 Å². The van der Waals surface area contributed by atoms with Crippen molar-refractivity contribution < 1.29 is 5.11 Å². The van der Waals surface area contributed by atoms with E-state index in [2.05, 4.69) is 15.1 Å². The maximum absolute atomic E-state index is 8.89. The van der Waals surface area contributed by atoms with E-state index in [9.17, 15) is 0 Å². The zero-order valence-electron chi connectivity index (χ0n) is 6.83. The fourth-order valence-electron chi connectivity index (χ4n) is 1.01. The van der Waals surface area contributed by atoms with Crippen molar-refractivity contribution in [1.82, 2.24) is 19.7 Å². The van der Waals surface area contributed by atoms with Gasteiger partial charge in [-0.15, -0.1) is 0 Å². The normalized spacial score (nSPS) is 10.2. The van der Waals surface area contributed by atoms with Crippen LogP contribution in [-0.4, -0.2) is 24.9 Å². The van der Waals surface area contributed by atoms with Crippen molar-refractivity contribution >= 4 is 0 Å². The second-order valence-electron chi connectivity index (χ2n) is 2.52. The molecule has 0 saturated heterocycles. The number of aromatic nitrogens is 4. The Kier molecular flexibility index (Phi) is 2.01. The summed E-state index contributed by atoms with van der Waals surface area (Å²) in [6, 6.07) is 3.51. The monoisotopic (exact) mass is 176 g/mol. The molecule has 0 atom stereocenters. The molecule has 0 aliphatic rings. The summed E-state index contributed by atoms with van der Waals surface area (Å²) >= 11 is 0. The third kappa shape index (κ3) is 1.54. The highest BCUT2D eigenvalue weighted by molar-refractivity contribution is 5.25. The van der Waals surface area contributed by atoms with Crippen molar-refractivity contribution in [2.45, 2.75) is 6.61 Å². The maximum Gasteiger partial charge on any atom is 0.155 e. The Balaban J connectivity index is 2.41. The lowest BCUT2D eigenvalue weighted by Gasteiger charge is -2.00. The zero-order valence-corrected chi connectivity index (χ0v) is 6.83. The van der Waals surface area contributed by atoms with Crippen LogP contribution in [0.25, 0.3) is 5.82 Å². The molecule has 0 saturated carbocycles. The highest BCUT2D eigenvalue weighted by Crippen LogP contribution is 2.04. The Hall–Kier alpha value is -1.75.